The van der Waals surface area contributed by atoms with Gasteiger partial charge in [0.2, 0.25) is 0 Å². The van der Waals surface area contributed by atoms with Gasteiger partial charge in [-0.25, -0.2) is 4.79 Å². The molecule has 0 amide bonds. The molecule has 1 atom stereocenters. The Balaban J connectivity index is 2.41. The summed E-state index contributed by atoms with van der Waals surface area (Å²) in [5.41, 5.74) is 6.72. The Labute approximate surface area is 118 Å². The van der Waals surface area contributed by atoms with E-state index in [1.807, 2.05) is 36.4 Å². The summed E-state index contributed by atoms with van der Waals surface area (Å²) in [6.45, 7) is 2.20. The smallest absolute Gasteiger partial charge is 0.346 e. The number of nitrogens with two attached hydrogens (primary N) is 1. The zero-order valence-corrected chi connectivity index (χ0v) is 11.8. The molecule has 0 spiro atoms. The molecule has 20 heavy (non-hydrogen) atoms. The van der Waals surface area contributed by atoms with Crippen LogP contribution in [0.2, 0.25) is 0 Å². The molecule has 0 aliphatic carbocycles. The fourth-order valence-electron chi connectivity index (χ4n) is 2.23. The summed E-state index contributed by atoms with van der Waals surface area (Å²) >= 11 is 0. The van der Waals surface area contributed by atoms with Crippen molar-refractivity contribution in [2.45, 2.75) is 19.4 Å². The van der Waals surface area contributed by atoms with Gasteiger partial charge < -0.3 is 15.2 Å². The van der Waals surface area contributed by atoms with Crippen molar-refractivity contribution in [3.05, 3.63) is 42.0 Å². The summed E-state index contributed by atoms with van der Waals surface area (Å²) in [5.74, 6) is 0.295. The van der Waals surface area contributed by atoms with Crippen molar-refractivity contribution in [3.8, 4) is 5.75 Å². The van der Waals surface area contributed by atoms with Crippen molar-refractivity contribution in [3.63, 3.8) is 0 Å². The van der Waals surface area contributed by atoms with Gasteiger partial charge in [-0.1, -0.05) is 30.3 Å². The van der Waals surface area contributed by atoms with Gasteiger partial charge in [-0.05, 0) is 36.7 Å². The van der Waals surface area contributed by atoms with E-state index in [0.717, 1.165) is 16.3 Å². The normalized spacial score (nSPS) is 12.2. The molecule has 4 heteroatoms. The van der Waals surface area contributed by atoms with E-state index in [1.54, 1.807) is 6.92 Å². The molecule has 2 rings (SSSR count). The molecular weight excluding hydrogens is 254 g/mol. The summed E-state index contributed by atoms with van der Waals surface area (Å²) in [7, 11) is 1.35. The highest BCUT2D eigenvalue weighted by Crippen LogP contribution is 2.29. The molecule has 106 valence electrons. The molecule has 4 nitrogen and oxygen atoms in total. The maximum absolute atomic E-state index is 11.5. The first kappa shape index (κ1) is 14.3. The fourth-order valence-corrected chi connectivity index (χ4v) is 2.23. The van der Waals surface area contributed by atoms with Crippen LogP contribution < -0.4 is 10.5 Å². The Morgan fingerprint density at radius 3 is 2.70 bits per heavy atom. The van der Waals surface area contributed by atoms with E-state index in [-0.39, 0.29) is 0 Å². The number of carbonyl (C=O) groups excluding carboxylic acids is 1. The van der Waals surface area contributed by atoms with Gasteiger partial charge in [-0.2, -0.15) is 0 Å². The SMILES string of the molecule is COC(=O)C(C)Oc1ccc2ccccc2c1CCN. The van der Waals surface area contributed by atoms with E-state index in [0.29, 0.717) is 18.7 Å². The second-order valence-electron chi connectivity index (χ2n) is 4.59. The van der Waals surface area contributed by atoms with Crippen molar-refractivity contribution < 1.29 is 14.3 Å². The van der Waals surface area contributed by atoms with Gasteiger partial charge in [0.25, 0.3) is 0 Å². The van der Waals surface area contributed by atoms with Crippen molar-refractivity contribution in [1.29, 1.82) is 0 Å². The number of esters is 1. The van der Waals surface area contributed by atoms with Crippen molar-refractivity contribution in [2.24, 2.45) is 5.73 Å². The number of methoxy groups -OCH3 is 1. The maximum atomic E-state index is 11.5. The monoisotopic (exact) mass is 273 g/mol. The van der Waals surface area contributed by atoms with Gasteiger partial charge in [0, 0.05) is 5.56 Å². The van der Waals surface area contributed by atoms with Crippen LogP contribution in [-0.4, -0.2) is 25.7 Å². The van der Waals surface area contributed by atoms with Crippen LogP contribution in [0.5, 0.6) is 5.75 Å². The minimum Gasteiger partial charge on any atom is -0.479 e. The van der Waals surface area contributed by atoms with E-state index in [2.05, 4.69) is 4.74 Å². The molecule has 2 N–H and O–H groups in total. The van der Waals surface area contributed by atoms with Gasteiger partial charge >= 0.3 is 5.97 Å². The van der Waals surface area contributed by atoms with Crippen molar-refractivity contribution in [2.75, 3.05) is 13.7 Å². The molecular formula is C16H19NO3. The highest BCUT2D eigenvalue weighted by molar-refractivity contribution is 5.88. The van der Waals surface area contributed by atoms with E-state index in [1.165, 1.54) is 7.11 Å². The third kappa shape index (κ3) is 2.91. The first-order valence-corrected chi connectivity index (χ1v) is 6.62. The molecule has 0 aliphatic rings. The average molecular weight is 273 g/mol. The quantitative estimate of drug-likeness (QED) is 0.849. The Morgan fingerprint density at radius 1 is 1.25 bits per heavy atom. The first-order valence-electron chi connectivity index (χ1n) is 6.62. The summed E-state index contributed by atoms with van der Waals surface area (Å²) in [5, 5.41) is 2.24. The van der Waals surface area contributed by atoms with Crippen LogP contribution >= 0.6 is 0 Å². The third-order valence-electron chi connectivity index (χ3n) is 3.23. The number of ether oxygens (including phenoxy) is 2. The fraction of sp³-hybridized carbons (Fsp3) is 0.312. The largest absolute Gasteiger partial charge is 0.479 e. The topological polar surface area (TPSA) is 61.5 Å². The van der Waals surface area contributed by atoms with Crippen LogP contribution in [0.4, 0.5) is 0 Å². The molecule has 0 aliphatic heterocycles. The molecule has 0 saturated carbocycles. The van der Waals surface area contributed by atoms with Crippen LogP contribution in [0.15, 0.2) is 36.4 Å². The van der Waals surface area contributed by atoms with E-state index >= 15 is 0 Å². The number of hydrogen-bond donors (Lipinski definition) is 1. The molecule has 0 heterocycles. The Hall–Kier alpha value is -2.07. The highest BCUT2D eigenvalue weighted by Gasteiger charge is 2.17. The van der Waals surface area contributed by atoms with Crippen LogP contribution in [0.1, 0.15) is 12.5 Å². The Kier molecular flexibility index (Phi) is 4.58. The number of fused-ring (bicyclic) bond motifs is 1. The zero-order chi connectivity index (χ0) is 14.5. The highest BCUT2D eigenvalue weighted by atomic mass is 16.6. The first-order chi connectivity index (χ1) is 9.67. The molecule has 0 fully saturated rings. The molecule has 2 aromatic rings. The number of carbonyl (C=O) groups is 1. The van der Waals surface area contributed by atoms with Gasteiger partial charge in [0.1, 0.15) is 5.75 Å². The van der Waals surface area contributed by atoms with Gasteiger partial charge in [-0.15, -0.1) is 0 Å². The Bertz CT molecular complexity index is 610. The summed E-state index contributed by atoms with van der Waals surface area (Å²) in [6.07, 6.45) is 0.0580. The van der Waals surface area contributed by atoms with Crippen LogP contribution in [-0.2, 0) is 16.0 Å². The lowest BCUT2D eigenvalue weighted by Crippen LogP contribution is -2.25. The summed E-state index contributed by atoms with van der Waals surface area (Å²) in [4.78, 5) is 11.5. The minimum absolute atomic E-state index is 0.392. The standard InChI is InChI=1S/C16H19NO3/c1-11(16(18)19-2)20-15-8-7-12-5-3-4-6-13(12)14(15)9-10-17/h3-8,11H,9-10,17H2,1-2H3. The van der Waals surface area contributed by atoms with Crippen molar-refractivity contribution >= 4 is 16.7 Å². The predicted octanol–water partition coefficient (Wildman–Crippen LogP) is 2.28. The van der Waals surface area contributed by atoms with Gasteiger partial charge in [-0.3, -0.25) is 0 Å². The van der Waals surface area contributed by atoms with Crippen molar-refractivity contribution in [1.82, 2.24) is 0 Å². The molecule has 0 aromatic heterocycles. The van der Waals surface area contributed by atoms with Crippen LogP contribution in [0.25, 0.3) is 10.8 Å². The van der Waals surface area contributed by atoms with Crippen LogP contribution in [0.3, 0.4) is 0 Å². The van der Waals surface area contributed by atoms with E-state index in [4.69, 9.17) is 10.5 Å². The zero-order valence-electron chi connectivity index (χ0n) is 11.8. The van der Waals surface area contributed by atoms with E-state index < -0.39 is 12.1 Å². The molecule has 0 radical (unpaired) electrons. The minimum atomic E-state index is -0.641. The lowest BCUT2D eigenvalue weighted by molar-refractivity contribution is -0.147. The third-order valence-corrected chi connectivity index (χ3v) is 3.23. The Morgan fingerprint density at radius 2 is 2.00 bits per heavy atom. The average Bonchev–Trinajstić information content (AvgIpc) is 2.48. The van der Waals surface area contributed by atoms with Gasteiger partial charge in [0.05, 0.1) is 7.11 Å². The van der Waals surface area contributed by atoms with Gasteiger partial charge in [0.15, 0.2) is 6.10 Å². The lowest BCUT2D eigenvalue weighted by atomic mass is 10.0. The predicted molar refractivity (Wildman–Crippen MR) is 78.8 cm³/mol. The second-order valence-corrected chi connectivity index (χ2v) is 4.59. The summed E-state index contributed by atoms with van der Waals surface area (Å²) in [6, 6.07) is 11.9. The lowest BCUT2D eigenvalue weighted by Gasteiger charge is -2.17. The number of rotatable bonds is 5. The molecule has 0 bridgehead atoms. The molecule has 1 unspecified atom stereocenters. The maximum Gasteiger partial charge on any atom is 0.346 e. The van der Waals surface area contributed by atoms with Crippen LogP contribution in [0, 0.1) is 0 Å². The summed E-state index contributed by atoms with van der Waals surface area (Å²) < 4.78 is 10.4. The number of hydrogen-bond acceptors (Lipinski definition) is 4. The second kappa shape index (κ2) is 6.39. The van der Waals surface area contributed by atoms with E-state index in [9.17, 15) is 4.79 Å². The molecule has 2 aromatic carbocycles. The molecule has 0 saturated heterocycles. The number of benzene rings is 2.